The largest absolute Gasteiger partial charge is 0.466 e. The molecule has 0 rings (SSSR count). The summed E-state index contributed by atoms with van der Waals surface area (Å²) in [5, 5.41) is 23.4. The summed E-state index contributed by atoms with van der Waals surface area (Å²) in [5.41, 5.74) is 0. The first-order valence-electron chi connectivity index (χ1n) is 36.7. The van der Waals surface area contributed by atoms with E-state index >= 15 is 0 Å². The van der Waals surface area contributed by atoms with Crippen LogP contribution in [-0.2, 0) is 14.3 Å². The number of amides is 1. The number of nitrogens with one attached hydrogen (secondary N) is 1. The zero-order valence-electron chi connectivity index (χ0n) is 54.8. The van der Waals surface area contributed by atoms with E-state index in [1.165, 1.54) is 321 Å². The second-order valence-electron chi connectivity index (χ2n) is 25.3. The molecule has 3 N–H and O–H groups in total. The molecular weight excluding hydrogens is 995 g/mol. The molecule has 0 saturated heterocycles. The molecule has 0 radical (unpaired) electrons. The monoisotopic (exact) mass is 1140 g/mol. The number of rotatable bonds is 69. The van der Waals surface area contributed by atoms with E-state index in [0.717, 1.165) is 51.4 Å². The minimum atomic E-state index is -0.667. The van der Waals surface area contributed by atoms with Gasteiger partial charge in [0, 0.05) is 12.8 Å². The van der Waals surface area contributed by atoms with E-state index in [1.54, 1.807) is 0 Å². The van der Waals surface area contributed by atoms with Crippen LogP contribution in [0.25, 0.3) is 0 Å². The van der Waals surface area contributed by atoms with Gasteiger partial charge in [0.25, 0.3) is 0 Å². The summed E-state index contributed by atoms with van der Waals surface area (Å²) in [6.45, 7) is 4.97. The molecular formula is C75H143NO5. The Kier molecular flexibility index (Phi) is 68.9. The van der Waals surface area contributed by atoms with Crippen molar-refractivity contribution in [2.75, 3.05) is 13.2 Å². The van der Waals surface area contributed by atoms with Crippen molar-refractivity contribution in [2.24, 2.45) is 0 Å². The van der Waals surface area contributed by atoms with Crippen molar-refractivity contribution in [3.63, 3.8) is 0 Å². The molecule has 6 heteroatoms. The minimum Gasteiger partial charge on any atom is -0.466 e. The van der Waals surface area contributed by atoms with Crippen LogP contribution in [0, 0.1) is 0 Å². The number of aliphatic hydroxyl groups is 2. The van der Waals surface area contributed by atoms with Gasteiger partial charge in [-0.2, -0.15) is 0 Å². The zero-order chi connectivity index (χ0) is 58.5. The Morgan fingerprint density at radius 2 is 0.617 bits per heavy atom. The molecule has 0 heterocycles. The van der Waals surface area contributed by atoms with Gasteiger partial charge in [-0.3, -0.25) is 9.59 Å². The van der Waals surface area contributed by atoms with Crippen LogP contribution in [0.2, 0.25) is 0 Å². The van der Waals surface area contributed by atoms with Crippen LogP contribution < -0.4 is 5.32 Å². The van der Waals surface area contributed by atoms with Gasteiger partial charge in [-0.1, -0.05) is 346 Å². The first kappa shape index (κ1) is 79.1. The maximum absolute atomic E-state index is 12.6. The first-order chi connectivity index (χ1) is 40.0. The molecule has 1 amide bonds. The second kappa shape index (κ2) is 70.6. The SMILES string of the molecule is CCCCCC/C=C\CCCCCCCC(=O)OCCCCCCCCCCC/C=C\C/C=C\CCCCCCCCCCCCCCCC(=O)NC(CO)C(O)CCCCCCCCCCCCCCCCCCCCCCCC. The fourth-order valence-corrected chi connectivity index (χ4v) is 11.6. The molecule has 0 aromatic heterocycles. The van der Waals surface area contributed by atoms with E-state index in [0.29, 0.717) is 25.9 Å². The third-order valence-electron chi connectivity index (χ3n) is 17.2. The van der Waals surface area contributed by atoms with Crippen molar-refractivity contribution in [3.8, 4) is 0 Å². The molecule has 0 aliphatic rings. The Hall–Kier alpha value is -1.92. The van der Waals surface area contributed by atoms with Gasteiger partial charge in [0.1, 0.15) is 0 Å². The van der Waals surface area contributed by atoms with Gasteiger partial charge in [0.2, 0.25) is 5.91 Å². The number of esters is 1. The normalized spacial score (nSPS) is 12.7. The van der Waals surface area contributed by atoms with E-state index in [-0.39, 0.29) is 18.5 Å². The number of hydrogen-bond acceptors (Lipinski definition) is 5. The quantitative estimate of drug-likeness (QED) is 0.0320. The number of unbranched alkanes of at least 4 members (excludes halogenated alkanes) is 52. The average Bonchev–Trinajstić information content (AvgIpc) is 3.47. The number of allylic oxidation sites excluding steroid dienone is 6. The number of carbonyl (C=O) groups excluding carboxylic acids is 2. The van der Waals surface area contributed by atoms with Crippen LogP contribution in [0.15, 0.2) is 36.5 Å². The number of aliphatic hydroxyl groups excluding tert-OH is 2. The highest BCUT2D eigenvalue weighted by atomic mass is 16.5. The van der Waals surface area contributed by atoms with Crippen LogP contribution in [0.1, 0.15) is 406 Å². The molecule has 0 aromatic carbocycles. The Balaban J connectivity index is 3.41. The molecule has 81 heavy (non-hydrogen) atoms. The Morgan fingerprint density at radius 1 is 0.346 bits per heavy atom. The Morgan fingerprint density at radius 3 is 0.963 bits per heavy atom. The Bertz CT molecular complexity index is 1310. The van der Waals surface area contributed by atoms with E-state index in [1.807, 2.05) is 0 Å². The maximum Gasteiger partial charge on any atom is 0.305 e. The summed E-state index contributed by atoms with van der Waals surface area (Å²) < 4.78 is 5.48. The van der Waals surface area contributed by atoms with Gasteiger partial charge in [-0.25, -0.2) is 0 Å². The van der Waals surface area contributed by atoms with Crippen LogP contribution >= 0.6 is 0 Å². The molecule has 478 valence electrons. The van der Waals surface area contributed by atoms with Gasteiger partial charge in [-0.15, -0.1) is 0 Å². The van der Waals surface area contributed by atoms with E-state index in [2.05, 4.69) is 55.6 Å². The molecule has 0 bridgehead atoms. The van der Waals surface area contributed by atoms with Crippen molar-refractivity contribution in [2.45, 2.75) is 418 Å². The molecule has 6 nitrogen and oxygen atoms in total. The second-order valence-corrected chi connectivity index (χ2v) is 25.3. The molecule has 0 saturated carbocycles. The van der Waals surface area contributed by atoms with E-state index < -0.39 is 12.1 Å². The van der Waals surface area contributed by atoms with Crippen LogP contribution in [0.3, 0.4) is 0 Å². The summed E-state index contributed by atoms with van der Waals surface area (Å²) in [6, 6.07) is -0.544. The fraction of sp³-hybridized carbons (Fsp3) is 0.893. The molecule has 0 spiro atoms. The third-order valence-corrected chi connectivity index (χ3v) is 17.2. The highest BCUT2D eigenvalue weighted by Crippen LogP contribution is 2.19. The predicted molar refractivity (Wildman–Crippen MR) is 356 cm³/mol. The topological polar surface area (TPSA) is 95.9 Å². The standard InChI is InChI=1S/C75H143NO5/c1-3-5-7-9-11-13-15-17-18-19-20-21-31-34-37-40-44-47-51-55-59-63-67-73(78)72(71-77)76-74(79)68-64-60-56-52-48-45-41-38-35-32-29-27-25-23-22-24-26-28-30-33-36-39-42-46-50-54-58-62-66-70-81-75(80)69-65-61-57-53-49-43-16-14-12-10-8-6-4-2/h14,16,22,24,28,30,72-73,77-78H,3-13,15,17-21,23,25-27,29,31-71H2,1-2H3,(H,76,79)/b16-14-,24-22-,30-28-. The van der Waals surface area contributed by atoms with Gasteiger partial charge >= 0.3 is 5.97 Å². The van der Waals surface area contributed by atoms with Crippen molar-refractivity contribution in [3.05, 3.63) is 36.5 Å². The van der Waals surface area contributed by atoms with Crippen molar-refractivity contribution in [1.82, 2.24) is 5.32 Å². The minimum absolute atomic E-state index is 0.00325. The lowest BCUT2D eigenvalue weighted by Gasteiger charge is -2.22. The van der Waals surface area contributed by atoms with Crippen LogP contribution in [0.5, 0.6) is 0 Å². The lowest BCUT2D eigenvalue weighted by molar-refractivity contribution is -0.143. The Labute approximate surface area is 506 Å². The highest BCUT2D eigenvalue weighted by Gasteiger charge is 2.20. The van der Waals surface area contributed by atoms with Crippen molar-refractivity contribution in [1.29, 1.82) is 0 Å². The van der Waals surface area contributed by atoms with Crippen molar-refractivity contribution >= 4 is 11.9 Å². The third kappa shape index (κ3) is 67.1. The highest BCUT2D eigenvalue weighted by molar-refractivity contribution is 5.76. The maximum atomic E-state index is 12.6. The zero-order valence-corrected chi connectivity index (χ0v) is 54.8. The van der Waals surface area contributed by atoms with Gasteiger partial charge in [-0.05, 0) is 83.5 Å². The summed E-state index contributed by atoms with van der Waals surface area (Å²) in [5.74, 6) is -0.0284. The summed E-state index contributed by atoms with van der Waals surface area (Å²) >= 11 is 0. The molecule has 0 aliphatic heterocycles. The van der Waals surface area contributed by atoms with Crippen LogP contribution in [0.4, 0.5) is 0 Å². The number of hydrogen-bond donors (Lipinski definition) is 3. The molecule has 0 fully saturated rings. The molecule has 0 aromatic rings. The number of carbonyl (C=O) groups is 2. The van der Waals surface area contributed by atoms with E-state index in [9.17, 15) is 19.8 Å². The lowest BCUT2D eigenvalue weighted by atomic mass is 10.0. The molecule has 0 aliphatic carbocycles. The molecule has 2 atom stereocenters. The number of ether oxygens (including phenoxy) is 1. The summed E-state index contributed by atoms with van der Waals surface area (Å²) in [4.78, 5) is 24.6. The van der Waals surface area contributed by atoms with E-state index in [4.69, 9.17) is 4.74 Å². The van der Waals surface area contributed by atoms with Gasteiger partial charge in [0.05, 0.1) is 25.4 Å². The van der Waals surface area contributed by atoms with Gasteiger partial charge < -0.3 is 20.3 Å². The van der Waals surface area contributed by atoms with Crippen LogP contribution in [-0.4, -0.2) is 47.4 Å². The average molecular weight is 1140 g/mol. The summed E-state index contributed by atoms with van der Waals surface area (Å²) in [7, 11) is 0. The van der Waals surface area contributed by atoms with Crippen molar-refractivity contribution < 1.29 is 24.5 Å². The summed E-state index contributed by atoms with van der Waals surface area (Å²) in [6.07, 6.45) is 90.6. The smallest absolute Gasteiger partial charge is 0.305 e. The lowest BCUT2D eigenvalue weighted by Crippen LogP contribution is -2.45. The fourth-order valence-electron chi connectivity index (χ4n) is 11.6. The van der Waals surface area contributed by atoms with Gasteiger partial charge in [0.15, 0.2) is 0 Å². The first-order valence-corrected chi connectivity index (χ1v) is 36.7. The molecule has 2 unspecified atom stereocenters. The predicted octanol–water partition coefficient (Wildman–Crippen LogP) is 23.9.